The molecule has 0 radical (unpaired) electrons. The van der Waals surface area contributed by atoms with E-state index in [1.807, 2.05) is 13.8 Å². The molecule has 25 heavy (non-hydrogen) atoms. The monoisotopic (exact) mass is 347 g/mol. The number of urea groups is 1. The van der Waals surface area contributed by atoms with Crippen LogP contribution < -0.4 is 20.1 Å². The van der Waals surface area contributed by atoms with Gasteiger partial charge in [0.05, 0.1) is 0 Å². The largest absolute Gasteiger partial charge is 0.486 e. The summed E-state index contributed by atoms with van der Waals surface area (Å²) in [6.45, 7) is 4.55. The average Bonchev–Trinajstić information content (AvgIpc) is 2.81. The molecule has 1 saturated heterocycles. The summed E-state index contributed by atoms with van der Waals surface area (Å²) < 4.78 is 10.9. The fraction of sp³-hybridized carbons (Fsp3) is 0.471. The van der Waals surface area contributed by atoms with E-state index in [1.54, 1.807) is 18.2 Å². The number of anilines is 1. The number of carbonyl (C=O) groups excluding carboxylic acids is 3. The Bertz CT molecular complexity index is 704. The summed E-state index contributed by atoms with van der Waals surface area (Å²) in [5.41, 5.74) is 0.514. The summed E-state index contributed by atoms with van der Waals surface area (Å²) in [5, 5.41) is 5.28. The van der Waals surface area contributed by atoms with Crippen LogP contribution in [-0.2, 0) is 9.59 Å². The first-order chi connectivity index (χ1) is 11.9. The Morgan fingerprint density at radius 2 is 2.00 bits per heavy atom. The van der Waals surface area contributed by atoms with Gasteiger partial charge >= 0.3 is 6.03 Å². The van der Waals surface area contributed by atoms with Crippen LogP contribution in [0.1, 0.15) is 20.3 Å². The highest BCUT2D eigenvalue weighted by Crippen LogP contribution is 2.32. The van der Waals surface area contributed by atoms with Gasteiger partial charge in [-0.2, -0.15) is 0 Å². The zero-order valence-corrected chi connectivity index (χ0v) is 14.2. The Balaban J connectivity index is 1.61. The minimum Gasteiger partial charge on any atom is -0.486 e. The SMILES string of the molecule is CC(C)C[C@@H]1NC(=O)N(CC(=O)Nc2ccc3c(c2)OCCO3)C1=O. The van der Waals surface area contributed by atoms with Gasteiger partial charge in [-0.1, -0.05) is 13.8 Å². The lowest BCUT2D eigenvalue weighted by atomic mass is 10.0. The van der Waals surface area contributed by atoms with E-state index >= 15 is 0 Å². The molecule has 0 saturated carbocycles. The molecule has 0 spiro atoms. The van der Waals surface area contributed by atoms with Gasteiger partial charge in [0, 0.05) is 11.8 Å². The molecule has 0 bridgehead atoms. The van der Waals surface area contributed by atoms with Crippen molar-refractivity contribution in [1.29, 1.82) is 0 Å². The zero-order chi connectivity index (χ0) is 18.0. The third kappa shape index (κ3) is 3.84. The van der Waals surface area contributed by atoms with E-state index in [4.69, 9.17) is 9.47 Å². The van der Waals surface area contributed by atoms with Gasteiger partial charge in [-0.25, -0.2) is 4.79 Å². The first kappa shape index (κ1) is 17.1. The van der Waals surface area contributed by atoms with Gasteiger partial charge in [0.2, 0.25) is 5.91 Å². The second-order valence-corrected chi connectivity index (χ2v) is 6.46. The van der Waals surface area contributed by atoms with Gasteiger partial charge in [-0.15, -0.1) is 0 Å². The fourth-order valence-electron chi connectivity index (χ4n) is 2.82. The van der Waals surface area contributed by atoms with E-state index in [0.29, 0.717) is 36.8 Å². The number of benzene rings is 1. The lowest BCUT2D eigenvalue weighted by Gasteiger charge is -2.19. The van der Waals surface area contributed by atoms with Gasteiger partial charge in [-0.3, -0.25) is 14.5 Å². The number of carbonyl (C=O) groups is 3. The summed E-state index contributed by atoms with van der Waals surface area (Å²) in [6, 6.07) is 3.94. The van der Waals surface area contributed by atoms with Crippen molar-refractivity contribution < 1.29 is 23.9 Å². The van der Waals surface area contributed by atoms with E-state index < -0.39 is 18.0 Å². The van der Waals surface area contributed by atoms with E-state index in [0.717, 1.165) is 4.90 Å². The van der Waals surface area contributed by atoms with Crippen LogP contribution >= 0.6 is 0 Å². The van der Waals surface area contributed by atoms with Crippen molar-refractivity contribution in [1.82, 2.24) is 10.2 Å². The second-order valence-electron chi connectivity index (χ2n) is 6.46. The molecule has 0 unspecified atom stereocenters. The van der Waals surface area contributed by atoms with Crippen molar-refractivity contribution in [2.75, 3.05) is 25.1 Å². The highest BCUT2D eigenvalue weighted by Gasteiger charge is 2.39. The Hall–Kier alpha value is -2.77. The van der Waals surface area contributed by atoms with E-state index in [1.165, 1.54) is 0 Å². The maximum Gasteiger partial charge on any atom is 0.325 e. The van der Waals surface area contributed by atoms with Gasteiger partial charge < -0.3 is 20.1 Å². The van der Waals surface area contributed by atoms with Crippen LogP contribution in [-0.4, -0.2) is 48.5 Å². The van der Waals surface area contributed by atoms with Gasteiger partial charge in [0.1, 0.15) is 25.8 Å². The predicted molar refractivity (Wildman–Crippen MR) is 89.5 cm³/mol. The Morgan fingerprint density at radius 1 is 1.28 bits per heavy atom. The van der Waals surface area contributed by atoms with Crippen molar-refractivity contribution in [3.63, 3.8) is 0 Å². The molecule has 1 fully saturated rings. The smallest absolute Gasteiger partial charge is 0.325 e. The van der Waals surface area contributed by atoms with Crippen LogP contribution in [0.4, 0.5) is 10.5 Å². The topological polar surface area (TPSA) is 97.0 Å². The molecule has 134 valence electrons. The maximum absolute atomic E-state index is 12.3. The third-order valence-corrected chi connectivity index (χ3v) is 3.94. The van der Waals surface area contributed by atoms with Crippen molar-refractivity contribution in [3.8, 4) is 11.5 Å². The molecule has 0 aromatic heterocycles. The van der Waals surface area contributed by atoms with Crippen molar-refractivity contribution in [2.45, 2.75) is 26.3 Å². The number of nitrogens with zero attached hydrogens (tertiary/aromatic N) is 1. The van der Waals surface area contributed by atoms with Gasteiger partial charge in [-0.05, 0) is 24.5 Å². The van der Waals surface area contributed by atoms with Crippen LogP contribution in [0.15, 0.2) is 18.2 Å². The first-order valence-electron chi connectivity index (χ1n) is 8.25. The quantitative estimate of drug-likeness (QED) is 0.784. The van der Waals surface area contributed by atoms with Crippen LogP contribution in [0.2, 0.25) is 0 Å². The van der Waals surface area contributed by atoms with Crippen molar-refractivity contribution in [3.05, 3.63) is 18.2 Å². The van der Waals surface area contributed by atoms with Crippen molar-refractivity contribution >= 4 is 23.5 Å². The molecule has 2 aliphatic rings. The summed E-state index contributed by atoms with van der Waals surface area (Å²) in [7, 11) is 0. The number of rotatable bonds is 5. The number of hydrogen-bond acceptors (Lipinski definition) is 5. The second kappa shape index (κ2) is 7.00. The maximum atomic E-state index is 12.3. The predicted octanol–water partition coefficient (Wildman–Crippen LogP) is 1.36. The molecule has 1 aromatic carbocycles. The number of fused-ring (bicyclic) bond motifs is 1. The van der Waals surface area contributed by atoms with Crippen LogP contribution in [0.3, 0.4) is 0 Å². The molecule has 8 heteroatoms. The first-order valence-corrected chi connectivity index (χ1v) is 8.25. The van der Waals surface area contributed by atoms with E-state index in [2.05, 4.69) is 10.6 Å². The summed E-state index contributed by atoms with van der Waals surface area (Å²) in [4.78, 5) is 37.3. The number of imide groups is 1. The third-order valence-electron chi connectivity index (χ3n) is 3.94. The molecule has 1 atom stereocenters. The van der Waals surface area contributed by atoms with Gasteiger partial charge in [0.15, 0.2) is 11.5 Å². The number of amides is 4. The van der Waals surface area contributed by atoms with E-state index in [-0.39, 0.29) is 18.4 Å². The zero-order valence-electron chi connectivity index (χ0n) is 14.2. The fourth-order valence-corrected chi connectivity index (χ4v) is 2.82. The number of ether oxygens (including phenoxy) is 2. The number of nitrogens with one attached hydrogen (secondary N) is 2. The lowest BCUT2D eigenvalue weighted by molar-refractivity contribution is -0.131. The van der Waals surface area contributed by atoms with Crippen LogP contribution in [0.5, 0.6) is 11.5 Å². The Labute approximate surface area is 145 Å². The molecule has 4 amide bonds. The van der Waals surface area contributed by atoms with Crippen LogP contribution in [0, 0.1) is 5.92 Å². The average molecular weight is 347 g/mol. The van der Waals surface area contributed by atoms with Gasteiger partial charge in [0.25, 0.3) is 5.91 Å². The van der Waals surface area contributed by atoms with E-state index in [9.17, 15) is 14.4 Å². The highest BCUT2D eigenvalue weighted by atomic mass is 16.6. The molecule has 0 aliphatic carbocycles. The molecule has 2 N–H and O–H groups in total. The standard InChI is InChI=1S/C17H21N3O5/c1-10(2)7-12-16(22)20(17(23)19-12)9-15(21)18-11-3-4-13-14(8-11)25-6-5-24-13/h3-4,8,10,12H,5-7,9H2,1-2H3,(H,18,21)(H,19,23)/t12-/m0/s1. The molecule has 3 rings (SSSR count). The minimum absolute atomic E-state index is 0.265. The normalized spacial score (nSPS) is 19.2. The minimum atomic E-state index is -0.561. The summed E-state index contributed by atoms with van der Waals surface area (Å²) in [6.07, 6.45) is 0.546. The van der Waals surface area contributed by atoms with Crippen molar-refractivity contribution in [2.24, 2.45) is 5.92 Å². The summed E-state index contributed by atoms with van der Waals surface area (Å²) >= 11 is 0. The Kier molecular flexibility index (Phi) is 4.78. The highest BCUT2D eigenvalue weighted by molar-refractivity contribution is 6.07. The lowest BCUT2D eigenvalue weighted by Crippen LogP contribution is -2.38. The molecule has 2 heterocycles. The molecule has 1 aromatic rings. The molecule has 8 nitrogen and oxygen atoms in total. The molecular weight excluding hydrogens is 326 g/mol. The number of hydrogen-bond donors (Lipinski definition) is 2. The summed E-state index contributed by atoms with van der Waals surface area (Å²) in [5.74, 6) is 0.619. The molecule has 2 aliphatic heterocycles. The Morgan fingerprint density at radius 3 is 2.72 bits per heavy atom. The molecular formula is C17H21N3O5. The van der Waals surface area contributed by atoms with Crippen LogP contribution in [0.25, 0.3) is 0 Å².